The largest absolute Gasteiger partial charge is 0.481 e. The molecule has 0 bridgehead atoms. The molecule has 0 saturated heterocycles. The fourth-order valence-corrected chi connectivity index (χ4v) is 2.39. The number of anilines is 1. The highest BCUT2D eigenvalue weighted by Crippen LogP contribution is 2.22. The molecule has 2 aromatic rings. The highest BCUT2D eigenvalue weighted by molar-refractivity contribution is 5.81. The highest BCUT2D eigenvalue weighted by atomic mass is 16.4. The van der Waals surface area contributed by atoms with Crippen LogP contribution >= 0.6 is 0 Å². The van der Waals surface area contributed by atoms with Crippen molar-refractivity contribution >= 4 is 28.7 Å². The van der Waals surface area contributed by atoms with Gasteiger partial charge in [-0.1, -0.05) is 6.92 Å². The molecular formula is C15H19N3O4. The second-order valence-electron chi connectivity index (χ2n) is 5.07. The second-order valence-corrected chi connectivity index (χ2v) is 5.07. The lowest BCUT2D eigenvalue weighted by Gasteiger charge is -2.23. The van der Waals surface area contributed by atoms with Crippen LogP contribution in [0.5, 0.6) is 0 Å². The number of rotatable bonds is 8. The number of carboxylic acids is 2. The number of aliphatic carboxylic acids is 2. The van der Waals surface area contributed by atoms with E-state index >= 15 is 0 Å². The van der Waals surface area contributed by atoms with Crippen LogP contribution < -0.4 is 4.90 Å². The summed E-state index contributed by atoms with van der Waals surface area (Å²) in [5.41, 5.74) is 2.35. The van der Waals surface area contributed by atoms with E-state index in [0.717, 1.165) is 24.2 Å². The zero-order valence-electron chi connectivity index (χ0n) is 12.4. The van der Waals surface area contributed by atoms with E-state index in [2.05, 4.69) is 4.98 Å². The number of hydrogen-bond acceptors (Lipinski definition) is 4. The third-order valence-corrected chi connectivity index (χ3v) is 3.36. The minimum absolute atomic E-state index is 0.0749. The van der Waals surface area contributed by atoms with E-state index in [-0.39, 0.29) is 13.0 Å². The van der Waals surface area contributed by atoms with E-state index < -0.39 is 11.9 Å². The lowest BCUT2D eigenvalue weighted by molar-refractivity contribution is -0.138. The van der Waals surface area contributed by atoms with Crippen molar-refractivity contribution < 1.29 is 19.8 Å². The molecule has 7 heteroatoms. The van der Waals surface area contributed by atoms with E-state index in [9.17, 15) is 9.59 Å². The van der Waals surface area contributed by atoms with E-state index in [1.807, 2.05) is 30.0 Å². The summed E-state index contributed by atoms with van der Waals surface area (Å²) in [6.45, 7) is 3.10. The van der Waals surface area contributed by atoms with E-state index in [1.54, 1.807) is 4.57 Å². The van der Waals surface area contributed by atoms with E-state index in [4.69, 9.17) is 10.2 Å². The van der Waals surface area contributed by atoms with Gasteiger partial charge in [-0.15, -0.1) is 0 Å². The van der Waals surface area contributed by atoms with Crippen molar-refractivity contribution in [3.63, 3.8) is 0 Å². The summed E-state index contributed by atoms with van der Waals surface area (Å²) in [6, 6.07) is 5.56. The molecule has 0 amide bonds. The number of hydrogen-bond donors (Lipinski definition) is 2. The molecule has 7 nitrogen and oxygen atoms in total. The Morgan fingerprint density at radius 2 is 2.00 bits per heavy atom. The number of fused-ring (bicyclic) bond motifs is 1. The molecule has 1 aromatic carbocycles. The molecule has 1 heterocycles. The van der Waals surface area contributed by atoms with E-state index in [1.165, 1.54) is 6.33 Å². The molecule has 0 spiro atoms. The van der Waals surface area contributed by atoms with Gasteiger partial charge in [-0.05, 0) is 24.6 Å². The Morgan fingerprint density at radius 1 is 1.23 bits per heavy atom. The SMILES string of the molecule is CCCN(CCC(=O)O)c1ccc2c(c1)ncn2CC(=O)O. The fraction of sp³-hybridized carbons (Fsp3) is 0.400. The minimum Gasteiger partial charge on any atom is -0.481 e. The van der Waals surface area contributed by atoms with Gasteiger partial charge in [0.05, 0.1) is 23.8 Å². The predicted molar refractivity (Wildman–Crippen MR) is 82.1 cm³/mol. The van der Waals surface area contributed by atoms with Gasteiger partial charge >= 0.3 is 11.9 Å². The van der Waals surface area contributed by atoms with Gasteiger partial charge in [0.15, 0.2) is 0 Å². The molecule has 0 aliphatic rings. The molecule has 0 saturated carbocycles. The second kappa shape index (κ2) is 6.93. The average molecular weight is 305 g/mol. The van der Waals surface area contributed by atoms with Crippen LogP contribution in [0.15, 0.2) is 24.5 Å². The van der Waals surface area contributed by atoms with Crippen molar-refractivity contribution in [1.82, 2.24) is 9.55 Å². The quantitative estimate of drug-likeness (QED) is 0.772. The van der Waals surface area contributed by atoms with Gasteiger partial charge in [0, 0.05) is 18.8 Å². The van der Waals surface area contributed by atoms with Gasteiger partial charge in [0.2, 0.25) is 0 Å². The molecule has 0 radical (unpaired) electrons. The number of nitrogens with zero attached hydrogens (tertiary/aromatic N) is 3. The molecule has 0 atom stereocenters. The standard InChI is InChI=1S/C15H19N3O4/c1-2-6-17(7-5-14(19)20)11-3-4-13-12(8-11)16-10-18(13)9-15(21)22/h3-4,8,10H,2,5-7,9H2,1H3,(H,19,20)(H,21,22). The van der Waals surface area contributed by atoms with Gasteiger partial charge in [-0.25, -0.2) is 4.98 Å². The summed E-state index contributed by atoms with van der Waals surface area (Å²) in [4.78, 5) is 27.8. The maximum Gasteiger partial charge on any atom is 0.323 e. The Kier molecular flexibility index (Phi) is 4.98. The zero-order valence-corrected chi connectivity index (χ0v) is 12.4. The topological polar surface area (TPSA) is 95.7 Å². The number of carbonyl (C=O) groups is 2. The van der Waals surface area contributed by atoms with Crippen LogP contribution in [0.4, 0.5) is 5.69 Å². The Hall–Kier alpha value is -2.57. The van der Waals surface area contributed by atoms with Crippen molar-refractivity contribution in [3.05, 3.63) is 24.5 Å². The van der Waals surface area contributed by atoms with Crippen LogP contribution in [0.1, 0.15) is 19.8 Å². The number of carboxylic acid groups (broad SMARTS) is 2. The smallest absolute Gasteiger partial charge is 0.323 e. The molecule has 0 unspecified atom stereocenters. The average Bonchev–Trinajstić information content (AvgIpc) is 2.85. The van der Waals surface area contributed by atoms with Gasteiger partial charge in [-0.3, -0.25) is 9.59 Å². The van der Waals surface area contributed by atoms with Crippen molar-refractivity contribution in [2.24, 2.45) is 0 Å². The van der Waals surface area contributed by atoms with Gasteiger partial charge < -0.3 is 19.7 Å². The van der Waals surface area contributed by atoms with Crippen LogP contribution in [0.25, 0.3) is 11.0 Å². The molecule has 1 aromatic heterocycles. The van der Waals surface area contributed by atoms with Crippen LogP contribution in [0.2, 0.25) is 0 Å². The summed E-state index contributed by atoms with van der Waals surface area (Å²) < 4.78 is 1.57. The predicted octanol–water partition coefficient (Wildman–Crippen LogP) is 1.81. The first-order valence-corrected chi connectivity index (χ1v) is 7.14. The zero-order chi connectivity index (χ0) is 16.1. The minimum atomic E-state index is -0.919. The molecule has 0 aliphatic heterocycles. The lowest BCUT2D eigenvalue weighted by atomic mass is 10.2. The van der Waals surface area contributed by atoms with E-state index in [0.29, 0.717) is 12.1 Å². The maximum atomic E-state index is 10.8. The fourth-order valence-electron chi connectivity index (χ4n) is 2.39. The monoisotopic (exact) mass is 305 g/mol. The normalized spacial score (nSPS) is 10.8. The van der Waals surface area contributed by atoms with Crippen molar-refractivity contribution in [3.8, 4) is 0 Å². The van der Waals surface area contributed by atoms with Crippen molar-refractivity contribution in [1.29, 1.82) is 0 Å². The maximum absolute atomic E-state index is 10.8. The molecule has 2 rings (SSSR count). The lowest BCUT2D eigenvalue weighted by Crippen LogP contribution is -2.26. The molecule has 0 fully saturated rings. The van der Waals surface area contributed by atoms with Crippen molar-refractivity contribution in [2.75, 3.05) is 18.0 Å². The highest BCUT2D eigenvalue weighted by Gasteiger charge is 2.11. The van der Waals surface area contributed by atoms with Crippen LogP contribution in [-0.4, -0.2) is 44.8 Å². The molecule has 118 valence electrons. The van der Waals surface area contributed by atoms with Crippen LogP contribution in [0.3, 0.4) is 0 Å². The first-order valence-electron chi connectivity index (χ1n) is 7.14. The van der Waals surface area contributed by atoms with Crippen molar-refractivity contribution in [2.45, 2.75) is 26.3 Å². The molecule has 0 aliphatic carbocycles. The molecular weight excluding hydrogens is 286 g/mol. The third-order valence-electron chi connectivity index (χ3n) is 3.36. The third kappa shape index (κ3) is 3.75. The Balaban J connectivity index is 2.26. The van der Waals surface area contributed by atoms with Gasteiger partial charge in [0.1, 0.15) is 6.54 Å². The number of aromatic nitrogens is 2. The first-order chi connectivity index (χ1) is 10.5. The summed E-state index contributed by atoms with van der Waals surface area (Å²) in [6.07, 6.45) is 2.49. The van der Waals surface area contributed by atoms with Crippen LogP contribution in [-0.2, 0) is 16.1 Å². The Bertz CT molecular complexity index is 680. The van der Waals surface area contributed by atoms with Gasteiger partial charge in [0.25, 0.3) is 0 Å². The summed E-state index contributed by atoms with van der Waals surface area (Å²) in [7, 11) is 0. The Morgan fingerprint density at radius 3 is 2.64 bits per heavy atom. The first kappa shape index (κ1) is 15.8. The molecule has 22 heavy (non-hydrogen) atoms. The summed E-state index contributed by atoms with van der Waals surface area (Å²) in [5.74, 6) is -1.75. The summed E-state index contributed by atoms with van der Waals surface area (Å²) in [5, 5.41) is 17.7. The Labute approximate surface area is 127 Å². The number of imidazole rings is 1. The molecule has 2 N–H and O–H groups in total. The summed E-state index contributed by atoms with van der Waals surface area (Å²) >= 11 is 0. The van der Waals surface area contributed by atoms with Gasteiger partial charge in [-0.2, -0.15) is 0 Å². The van der Waals surface area contributed by atoms with Crippen LogP contribution in [0, 0.1) is 0 Å². The number of benzene rings is 1.